The Labute approximate surface area is 116 Å². The summed E-state index contributed by atoms with van der Waals surface area (Å²) in [6.07, 6.45) is 1.40. The normalized spacial score (nSPS) is 21.8. The second-order valence-corrected chi connectivity index (χ2v) is 4.96. The molecule has 6 heteroatoms. The van der Waals surface area contributed by atoms with E-state index in [0.717, 1.165) is 17.9 Å². The highest BCUT2D eigenvalue weighted by molar-refractivity contribution is 5.19. The highest BCUT2D eigenvalue weighted by Gasteiger charge is 2.27. The summed E-state index contributed by atoms with van der Waals surface area (Å²) >= 11 is 0. The Balaban J connectivity index is 1.73. The smallest absolute Gasteiger partial charge is 0.141 e. The van der Waals surface area contributed by atoms with E-state index >= 15 is 0 Å². The topological polar surface area (TPSA) is 54.0 Å². The van der Waals surface area contributed by atoms with Crippen LogP contribution in [0.3, 0.4) is 0 Å². The number of morpholine rings is 1. The third-order valence-electron chi connectivity index (χ3n) is 3.70. The maximum Gasteiger partial charge on any atom is 0.141 e. The first-order chi connectivity index (χ1) is 9.74. The summed E-state index contributed by atoms with van der Waals surface area (Å²) < 4.78 is 19.1. The Kier molecular flexibility index (Phi) is 3.75. The number of hydrogen-bond acceptors (Lipinski definition) is 4. The van der Waals surface area contributed by atoms with E-state index in [2.05, 4.69) is 27.0 Å². The number of benzene rings is 1. The molecule has 0 spiro atoms. The van der Waals surface area contributed by atoms with E-state index in [1.165, 1.54) is 18.5 Å². The van der Waals surface area contributed by atoms with Crippen molar-refractivity contribution in [2.75, 3.05) is 19.7 Å². The standard InChI is InChI=1S/C14H17FN4O/c1-10(14-16-9-17-18-14)19-5-6-20-13(8-19)11-3-2-4-12(15)7-11/h2-4,7,9-10,13H,5-6,8H2,1H3,(H,16,17,18). The zero-order valence-electron chi connectivity index (χ0n) is 11.3. The van der Waals surface area contributed by atoms with Crippen LogP contribution in [0.4, 0.5) is 4.39 Å². The number of H-pyrrole nitrogens is 1. The van der Waals surface area contributed by atoms with Crippen molar-refractivity contribution in [3.05, 3.63) is 47.8 Å². The number of halogens is 1. The lowest BCUT2D eigenvalue weighted by Gasteiger charge is -2.36. The summed E-state index contributed by atoms with van der Waals surface area (Å²) in [5.41, 5.74) is 0.875. The predicted octanol–water partition coefficient (Wildman–Crippen LogP) is 2.08. The zero-order valence-corrected chi connectivity index (χ0v) is 11.3. The highest BCUT2D eigenvalue weighted by Crippen LogP contribution is 2.27. The maximum atomic E-state index is 13.3. The van der Waals surface area contributed by atoms with Crippen LogP contribution in [-0.2, 0) is 4.74 Å². The first kappa shape index (κ1) is 13.2. The molecule has 106 valence electrons. The summed E-state index contributed by atoms with van der Waals surface area (Å²) in [4.78, 5) is 6.46. The summed E-state index contributed by atoms with van der Waals surface area (Å²) in [6, 6.07) is 6.73. The van der Waals surface area contributed by atoms with Crippen molar-refractivity contribution in [1.29, 1.82) is 0 Å². The average molecular weight is 276 g/mol. The van der Waals surface area contributed by atoms with E-state index in [9.17, 15) is 4.39 Å². The summed E-state index contributed by atoms with van der Waals surface area (Å²) in [6.45, 7) is 4.24. The molecular formula is C14H17FN4O. The van der Waals surface area contributed by atoms with Gasteiger partial charge in [0, 0.05) is 13.1 Å². The lowest BCUT2D eigenvalue weighted by molar-refractivity contribution is -0.0442. The molecule has 1 aliphatic heterocycles. The third kappa shape index (κ3) is 2.71. The van der Waals surface area contributed by atoms with Gasteiger partial charge in [-0.2, -0.15) is 5.10 Å². The molecule has 0 saturated carbocycles. The quantitative estimate of drug-likeness (QED) is 0.932. The van der Waals surface area contributed by atoms with Gasteiger partial charge in [-0.05, 0) is 24.6 Å². The van der Waals surface area contributed by atoms with E-state index in [-0.39, 0.29) is 18.0 Å². The molecule has 1 saturated heterocycles. The van der Waals surface area contributed by atoms with Crippen LogP contribution in [0.1, 0.15) is 30.5 Å². The second kappa shape index (κ2) is 5.68. The fourth-order valence-corrected chi connectivity index (χ4v) is 2.52. The Morgan fingerprint density at radius 1 is 1.50 bits per heavy atom. The van der Waals surface area contributed by atoms with Crippen molar-refractivity contribution in [2.45, 2.75) is 19.1 Å². The van der Waals surface area contributed by atoms with Gasteiger partial charge in [0.2, 0.25) is 0 Å². The van der Waals surface area contributed by atoms with E-state index < -0.39 is 0 Å². The molecule has 1 aromatic heterocycles. The first-order valence-corrected chi connectivity index (χ1v) is 6.70. The van der Waals surface area contributed by atoms with Crippen LogP contribution in [0.25, 0.3) is 0 Å². The lowest BCUT2D eigenvalue weighted by atomic mass is 10.1. The molecule has 2 unspecified atom stereocenters. The van der Waals surface area contributed by atoms with Crippen LogP contribution >= 0.6 is 0 Å². The van der Waals surface area contributed by atoms with Gasteiger partial charge in [0.1, 0.15) is 18.0 Å². The number of nitrogens with zero attached hydrogens (tertiary/aromatic N) is 3. The number of hydrogen-bond donors (Lipinski definition) is 1. The van der Waals surface area contributed by atoms with Gasteiger partial charge < -0.3 is 4.74 Å². The van der Waals surface area contributed by atoms with Crippen LogP contribution in [0.2, 0.25) is 0 Å². The minimum absolute atomic E-state index is 0.107. The Morgan fingerprint density at radius 3 is 3.15 bits per heavy atom. The molecule has 20 heavy (non-hydrogen) atoms. The van der Waals surface area contributed by atoms with Gasteiger partial charge in [0.05, 0.1) is 18.8 Å². The van der Waals surface area contributed by atoms with Crippen LogP contribution < -0.4 is 0 Å². The van der Waals surface area contributed by atoms with Gasteiger partial charge in [0.25, 0.3) is 0 Å². The fraction of sp³-hybridized carbons (Fsp3) is 0.429. The molecule has 2 heterocycles. The Morgan fingerprint density at radius 2 is 2.40 bits per heavy atom. The molecule has 1 aromatic carbocycles. The van der Waals surface area contributed by atoms with Gasteiger partial charge in [-0.1, -0.05) is 12.1 Å². The summed E-state index contributed by atoms with van der Waals surface area (Å²) in [7, 11) is 0. The number of aromatic nitrogens is 3. The number of ether oxygens (including phenoxy) is 1. The summed E-state index contributed by atoms with van der Waals surface area (Å²) in [5, 5.41) is 6.78. The van der Waals surface area contributed by atoms with Gasteiger partial charge in [0.15, 0.2) is 0 Å². The Hall–Kier alpha value is -1.79. The second-order valence-electron chi connectivity index (χ2n) is 4.96. The van der Waals surface area contributed by atoms with Crippen molar-refractivity contribution >= 4 is 0 Å². The van der Waals surface area contributed by atoms with Crippen LogP contribution in [0.15, 0.2) is 30.6 Å². The number of rotatable bonds is 3. The third-order valence-corrected chi connectivity index (χ3v) is 3.70. The van der Waals surface area contributed by atoms with Gasteiger partial charge in [-0.15, -0.1) is 0 Å². The van der Waals surface area contributed by atoms with Crippen LogP contribution in [0, 0.1) is 5.82 Å². The molecule has 5 nitrogen and oxygen atoms in total. The first-order valence-electron chi connectivity index (χ1n) is 6.70. The predicted molar refractivity (Wildman–Crippen MR) is 71.5 cm³/mol. The molecule has 1 fully saturated rings. The largest absolute Gasteiger partial charge is 0.371 e. The van der Waals surface area contributed by atoms with E-state index in [0.29, 0.717) is 13.2 Å². The van der Waals surface area contributed by atoms with Crippen molar-refractivity contribution in [3.8, 4) is 0 Å². The van der Waals surface area contributed by atoms with Gasteiger partial charge in [-0.3, -0.25) is 10.00 Å². The van der Waals surface area contributed by atoms with E-state index in [1.807, 2.05) is 6.07 Å². The van der Waals surface area contributed by atoms with Crippen molar-refractivity contribution < 1.29 is 9.13 Å². The molecule has 0 amide bonds. The number of aromatic amines is 1. The average Bonchev–Trinajstić information content (AvgIpc) is 3.01. The molecule has 1 N–H and O–H groups in total. The van der Waals surface area contributed by atoms with Gasteiger partial charge in [-0.25, -0.2) is 9.37 Å². The molecule has 0 aliphatic carbocycles. The SMILES string of the molecule is CC(c1ncn[nH]1)N1CCOC(c2cccc(F)c2)C1. The maximum absolute atomic E-state index is 13.3. The molecular weight excluding hydrogens is 259 g/mol. The molecule has 0 bridgehead atoms. The van der Waals surface area contributed by atoms with Crippen molar-refractivity contribution in [1.82, 2.24) is 20.1 Å². The molecule has 0 radical (unpaired) electrons. The van der Waals surface area contributed by atoms with E-state index in [1.54, 1.807) is 6.07 Å². The van der Waals surface area contributed by atoms with E-state index in [4.69, 9.17) is 4.74 Å². The summed E-state index contributed by atoms with van der Waals surface area (Å²) in [5.74, 6) is 0.608. The van der Waals surface area contributed by atoms with Gasteiger partial charge >= 0.3 is 0 Å². The van der Waals surface area contributed by atoms with Crippen LogP contribution in [0.5, 0.6) is 0 Å². The zero-order chi connectivity index (χ0) is 13.9. The lowest BCUT2D eigenvalue weighted by Crippen LogP contribution is -2.40. The molecule has 2 aromatic rings. The monoisotopic (exact) mass is 276 g/mol. The fourth-order valence-electron chi connectivity index (χ4n) is 2.52. The minimum atomic E-state index is -0.230. The minimum Gasteiger partial charge on any atom is -0.371 e. The molecule has 3 rings (SSSR count). The number of nitrogens with one attached hydrogen (secondary N) is 1. The molecule has 2 atom stereocenters. The highest BCUT2D eigenvalue weighted by atomic mass is 19.1. The molecule has 1 aliphatic rings. The van der Waals surface area contributed by atoms with Crippen molar-refractivity contribution in [3.63, 3.8) is 0 Å². The Bertz CT molecular complexity index is 560. The van der Waals surface area contributed by atoms with Crippen molar-refractivity contribution in [2.24, 2.45) is 0 Å². The van der Waals surface area contributed by atoms with Crippen LogP contribution in [-0.4, -0.2) is 39.8 Å².